The van der Waals surface area contributed by atoms with E-state index in [4.69, 9.17) is 21.4 Å². The van der Waals surface area contributed by atoms with Crippen molar-refractivity contribution in [1.82, 2.24) is 9.88 Å². The number of fused-ring (bicyclic) bond motifs is 1. The molecular formula is C30H31ClN2O5. The molecule has 7 nitrogen and oxygen atoms in total. The quantitative estimate of drug-likeness (QED) is 0.234. The van der Waals surface area contributed by atoms with Crippen molar-refractivity contribution in [3.63, 3.8) is 0 Å². The SMILES string of the molecule is COC(=O)c1cc2cc(CC(C)NCC(O)c3cccc(Cl)c3)ccc2n1Cc1ccc(CC(=O)O)cc1. The maximum atomic E-state index is 12.6. The normalized spacial score (nSPS) is 12.8. The van der Waals surface area contributed by atoms with Gasteiger partial charge in [0.1, 0.15) is 5.69 Å². The van der Waals surface area contributed by atoms with Gasteiger partial charge in [0, 0.05) is 35.1 Å². The number of carbonyl (C=O) groups excluding carboxylic acids is 1. The van der Waals surface area contributed by atoms with Crippen molar-refractivity contribution >= 4 is 34.4 Å². The summed E-state index contributed by atoms with van der Waals surface area (Å²) >= 11 is 6.03. The van der Waals surface area contributed by atoms with E-state index in [0.717, 1.165) is 39.6 Å². The summed E-state index contributed by atoms with van der Waals surface area (Å²) < 4.78 is 6.95. The van der Waals surface area contributed by atoms with Crippen LogP contribution in [-0.2, 0) is 28.9 Å². The molecule has 0 saturated carbocycles. The highest BCUT2D eigenvalue weighted by Crippen LogP contribution is 2.25. The van der Waals surface area contributed by atoms with E-state index in [1.54, 1.807) is 24.3 Å². The number of carboxylic acids is 1. The zero-order valence-corrected chi connectivity index (χ0v) is 22.1. The zero-order valence-electron chi connectivity index (χ0n) is 21.4. The first-order valence-electron chi connectivity index (χ1n) is 12.4. The van der Waals surface area contributed by atoms with Gasteiger partial charge in [-0.1, -0.05) is 54.1 Å². The highest BCUT2D eigenvalue weighted by atomic mass is 35.5. The largest absolute Gasteiger partial charge is 0.481 e. The maximum Gasteiger partial charge on any atom is 0.354 e. The molecule has 1 heterocycles. The van der Waals surface area contributed by atoms with Gasteiger partial charge in [0.25, 0.3) is 0 Å². The minimum Gasteiger partial charge on any atom is -0.481 e. The number of nitrogens with one attached hydrogen (secondary N) is 1. The number of esters is 1. The molecule has 4 rings (SSSR count). The number of carbonyl (C=O) groups is 2. The number of hydrogen-bond donors (Lipinski definition) is 3. The third-order valence-corrected chi connectivity index (χ3v) is 6.75. The van der Waals surface area contributed by atoms with Crippen molar-refractivity contribution in [3.05, 3.63) is 106 Å². The van der Waals surface area contributed by atoms with Gasteiger partial charge >= 0.3 is 11.9 Å². The Morgan fingerprint density at radius 2 is 1.71 bits per heavy atom. The molecule has 0 bridgehead atoms. The number of nitrogens with zero attached hydrogens (tertiary/aromatic N) is 1. The number of ether oxygens (including phenoxy) is 1. The molecule has 3 N–H and O–H groups in total. The topological polar surface area (TPSA) is 101 Å². The molecule has 0 fully saturated rings. The summed E-state index contributed by atoms with van der Waals surface area (Å²) in [5.74, 6) is -1.30. The number of aliphatic carboxylic acids is 1. The second-order valence-corrected chi connectivity index (χ2v) is 9.91. The van der Waals surface area contributed by atoms with E-state index in [0.29, 0.717) is 23.8 Å². The number of aliphatic hydroxyl groups excluding tert-OH is 1. The van der Waals surface area contributed by atoms with Crippen LogP contribution in [0.1, 0.15) is 45.8 Å². The van der Waals surface area contributed by atoms with Gasteiger partial charge in [-0.3, -0.25) is 4.79 Å². The van der Waals surface area contributed by atoms with Crippen LogP contribution in [0.15, 0.2) is 72.8 Å². The third-order valence-electron chi connectivity index (χ3n) is 6.51. The van der Waals surface area contributed by atoms with Crippen LogP contribution in [0.2, 0.25) is 5.02 Å². The van der Waals surface area contributed by atoms with Crippen molar-refractivity contribution in [2.75, 3.05) is 13.7 Å². The van der Waals surface area contributed by atoms with Gasteiger partial charge in [0.05, 0.1) is 19.6 Å². The highest BCUT2D eigenvalue weighted by Gasteiger charge is 2.18. The molecule has 1 aromatic heterocycles. The molecule has 8 heteroatoms. The predicted molar refractivity (Wildman–Crippen MR) is 148 cm³/mol. The first kappa shape index (κ1) is 27.4. The molecule has 2 unspecified atom stereocenters. The van der Waals surface area contributed by atoms with Crippen molar-refractivity contribution in [3.8, 4) is 0 Å². The summed E-state index contributed by atoms with van der Waals surface area (Å²) in [6.07, 6.45) is 0.0473. The number of halogens is 1. The van der Waals surface area contributed by atoms with Gasteiger partial charge < -0.3 is 24.8 Å². The van der Waals surface area contributed by atoms with Crippen LogP contribution in [0.3, 0.4) is 0 Å². The molecular weight excluding hydrogens is 504 g/mol. The van der Waals surface area contributed by atoms with E-state index >= 15 is 0 Å². The number of benzene rings is 3. The van der Waals surface area contributed by atoms with Crippen LogP contribution >= 0.6 is 11.6 Å². The Morgan fingerprint density at radius 3 is 2.39 bits per heavy atom. The average Bonchev–Trinajstić information content (AvgIpc) is 3.25. The van der Waals surface area contributed by atoms with Crippen LogP contribution < -0.4 is 5.32 Å². The highest BCUT2D eigenvalue weighted by molar-refractivity contribution is 6.30. The lowest BCUT2D eigenvalue weighted by molar-refractivity contribution is -0.136. The smallest absolute Gasteiger partial charge is 0.354 e. The van der Waals surface area contributed by atoms with Crippen LogP contribution in [0, 0.1) is 0 Å². The summed E-state index contributed by atoms with van der Waals surface area (Å²) in [7, 11) is 1.36. The Kier molecular flexibility index (Phi) is 8.84. The van der Waals surface area contributed by atoms with Gasteiger partial charge in [-0.2, -0.15) is 0 Å². The van der Waals surface area contributed by atoms with Crippen molar-refractivity contribution in [1.29, 1.82) is 0 Å². The molecule has 0 amide bonds. The number of carboxylic acid groups (broad SMARTS) is 1. The van der Waals surface area contributed by atoms with Crippen molar-refractivity contribution in [2.24, 2.45) is 0 Å². The standard InChI is InChI=1S/C30H31ClN2O5/c1-19(32-17-28(34)23-4-3-5-25(31)15-23)12-22-10-11-26-24(13-22)16-27(30(37)38-2)33(26)18-21-8-6-20(7-9-21)14-29(35)36/h3-11,13,15-16,19,28,32,34H,12,14,17-18H2,1-2H3,(H,35,36). The second kappa shape index (κ2) is 12.3. The Bertz CT molecular complexity index is 1430. The molecule has 4 aromatic rings. The lowest BCUT2D eigenvalue weighted by atomic mass is 10.0. The monoisotopic (exact) mass is 534 g/mol. The summed E-state index contributed by atoms with van der Waals surface area (Å²) in [4.78, 5) is 23.5. The zero-order chi connectivity index (χ0) is 27.2. The van der Waals surface area contributed by atoms with Gasteiger partial charge in [-0.25, -0.2) is 4.79 Å². The molecule has 2 atom stereocenters. The van der Waals surface area contributed by atoms with E-state index in [9.17, 15) is 14.7 Å². The predicted octanol–water partition coefficient (Wildman–Crippen LogP) is 5.01. The lowest BCUT2D eigenvalue weighted by Crippen LogP contribution is -2.32. The molecule has 0 aliphatic heterocycles. The van der Waals surface area contributed by atoms with E-state index in [1.807, 2.05) is 47.0 Å². The number of hydrogen-bond acceptors (Lipinski definition) is 5. The van der Waals surface area contributed by atoms with Crippen LogP contribution in [0.5, 0.6) is 0 Å². The van der Waals surface area contributed by atoms with E-state index in [1.165, 1.54) is 7.11 Å². The molecule has 0 aliphatic rings. The second-order valence-electron chi connectivity index (χ2n) is 9.47. The molecule has 0 radical (unpaired) electrons. The van der Waals surface area contributed by atoms with Gasteiger partial charge in [0.15, 0.2) is 0 Å². The van der Waals surface area contributed by atoms with E-state index < -0.39 is 18.0 Å². The molecule has 0 spiro atoms. The van der Waals surface area contributed by atoms with Crippen LogP contribution in [-0.4, -0.2) is 46.4 Å². The number of methoxy groups -OCH3 is 1. The Balaban J connectivity index is 1.49. The van der Waals surface area contributed by atoms with E-state index in [-0.39, 0.29) is 12.5 Å². The number of aromatic nitrogens is 1. The summed E-state index contributed by atoms with van der Waals surface area (Å²) in [6, 6.07) is 22.6. The average molecular weight is 535 g/mol. The van der Waals surface area contributed by atoms with E-state index in [2.05, 4.69) is 18.3 Å². The lowest BCUT2D eigenvalue weighted by Gasteiger charge is -2.18. The minimum absolute atomic E-state index is 0.0320. The first-order valence-corrected chi connectivity index (χ1v) is 12.8. The summed E-state index contributed by atoms with van der Waals surface area (Å²) in [6.45, 7) is 2.91. The fourth-order valence-electron chi connectivity index (χ4n) is 4.58. The molecule has 198 valence electrons. The Labute approximate surface area is 226 Å². The minimum atomic E-state index is -0.875. The van der Waals surface area contributed by atoms with Crippen molar-refractivity contribution in [2.45, 2.75) is 38.5 Å². The molecule has 3 aromatic carbocycles. The summed E-state index contributed by atoms with van der Waals surface area (Å²) in [5.41, 5.74) is 4.89. The van der Waals surface area contributed by atoms with Gasteiger partial charge in [-0.05, 0) is 65.9 Å². The first-order chi connectivity index (χ1) is 18.2. The maximum absolute atomic E-state index is 12.6. The third kappa shape index (κ3) is 6.81. The van der Waals surface area contributed by atoms with Crippen LogP contribution in [0.4, 0.5) is 0 Å². The summed E-state index contributed by atoms with van der Waals surface area (Å²) in [5, 5.41) is 24.4. The van der Waals surface area contributed by atoms with Gasteiger partial charge in [0.2, 0.25) is 0 Å². The molecule has 0 aliphatic carbocycles. The Morgan fingerprint density at radius 1 is 1.00 bits per heavy atom. The number of aliphatic hydroxyl groups is 1. The molecule has 38 heavy (non-hydrogen) atoms. The number of rotatable bonds is 11. The Hall–Kier alpha value is -3.65. The van der Waals surface area contributed by atoms with Crippen LogP contribution in [0.25, 0.3) is 10.9 Å². The van der Waals surface area contributed by atoms with Gasteiger partial charge in [-0.15, -0.1) is 0 Å². The fraction of sp³-hybridized carbons (Fsp3) is 0.267. The van der Waals surface area contributed by atoms with Crippen molar-refractivity contribution < 1.29 is 24.5 Å². The fourth-order valence-corrected chi connectivity index (χ4v) is 4.78. The molecule has 0 saturated heterocycles.